The van der Waals surface area contributed by atoms with Crippen LogP contribution in [-0.4, -0.2) is 19.7 Å². The van der Waals surface area contributed by atoms with Gasteiger partial charge >= 0.3 is 0 Å². The molecule has 0 atom stereocenters. The standard InChI is InChI=1S/C13H11FN4O/c14-10-5-6-12-16-13(17-18(12)8-10)15-7-9-3-1-2-4-11(9)19/h1-6,8,19H,7H2,(H,15,17). The van der Waals surface area contributed by atoms with Crippen LogP contribution in [0.4, 0.5) is 10.3 Å². The number of aromatic hydroxyl groups is 1. The zero-order chi connectivity index (χ0) is 13.2. The van der Waals surface area contributed by atoms with Crippen LogP contribution in [0.5, 0.6) is 5.75 Å². The predicted molar refractivity (Wildman–Crippen MR) is 68.4 cm³/mol. The van der Waals surface area contributed by atoms with E-state index in [0.717, 1.165) is 5.56 Å². The van der Waals surface area contributed by atoms with Crippen molar-refractivity contribution in [1.82, 2.24) is 14.6 Å². The van der Waals surface area contributed by atoms with Crippen molar-refractivity contribution in [3.63, 3.8) is 0 Å². The van der Waals surface area contributed by atoms with E-state index in [2.05, 4.69) is 15.4 Å². The van der Waals surface area contributed by atoms with Crippen LogP contribution in [0.3, 0.4) is 0 Å². The number of hydrogen-bond acceptors (Lipinski definition) is 4. The number of nitrogens with zero attached hydrogens (tertiary/aromatic N) is 3. The highest BCUT2D eigenvalue weighted by Crippen LogP contribution is 2.16. The van der Waals surface area contributed by atoms with E-state index >= 15 is 0 Å². The van der Waals surface area contributed by atoms with E-state index < -0.39 is 0 Å². The van der Waals surface area contributed by atoms with Crippen LogP contribution in [0.1, 0.15) is 5.56 Å². The topological polar surface area (TPSA) is 62.5 Å². The molecule has 0 spiro atoms. The Balaban J connectivity index is 1.80. The number of hydrogen-bond donors (Lipinski definition) is 2. The quantitative estimate of drug-likeness (QED) is 0.756. The second-order valence-electron chi connectivity index (χ2n) is 4.07. The Morgan fingerprint density at radius 2 is 2.05 bits per heavy atom. The van der Waals surface area contributed by atoms with Crippen molar-refractivity contribution in [1.29, 1.82) is 0 Å². The van der Waals surface area contributed by atoms with Gasteiger partial charge in [-0.2, -0.15) is 4.98 Å². The summed E-state index contributed by atoms with van der Waals surface area (Å²) in [7, 11) is 0. The summed E-state index contributed by atoms with van der Waals surface area (Å²) in [4.78, 5) is 4.19. The molecule has 2 N–H and O–H groups in total. The normalized spacial score (nSPS) is 10.8. The van der Waals surface area contributed by atoms with E-state index in [4.69, 9.17) is 0 Å². The van der Waals surface area contributed by atoms with Crippen LogP contribution in [0.2, 0.25) is 0 Å². The van der Waals surface area contributed by atoms with Gasteiger partial charge in [0.2, 0.25) is 5.95 Å². The number of para-hydroxylation sites is 1. The molecule has 0 saturated carbocycles. The van der Waals surface area contributed by atoms with Crippen LogP contribution in [0, 0.1) is 5.82 Å². The number of halogens is 1. The molecule has 0 bridgehead atoms. The zero-order valence-electron chi connectivity index (χ0n) is 9.92. The SMILES string of the molecule is Oc1ccccc1CNc1nc2ccc(F)cn2n1. The molecule has 0 aliphatic heterocycles. The lowest BCUT2D eigenvalue weighted by Gasteiger charge is -2.03. The third-order valence-electron chi connectivity index (χ3n) is 2.72. The molecule has 0 aliphatic rings. The maximum Gasteiger partial charge on any atom is 0.243 e. The first-order valence-corrected chi connectivity index (χ1v) is 5.75. The number of aromatic nitrogens is 3. The van der Waals surface area contributed by atoms with Crippen molar-refractivity contribution in [2.24, 2.45) is 0 Å². The highest BCUT2D eigenvalue weighted by molar-refractivity contribution is 5.44. The van der Waals surface area contributed by atoms with E-state index in [-0.39, 0.29) is 11.6 Å². The van der Waals surface area contributed by atoms with Gasteiger partial charge in [-0.25, -0.2) is 8.91 Å². The van der Waals surface area contributed by atoms with Gasteiger partial charge in [0.15, 0.2) is 5.65 Å². The summed E-state index contributed by atoms with van der Waals surface area (Å²) in [5.41, 5.74) is 1.30. The Bertz CT molecular complexity index is 725. The van der Waals surface area contributed by atoms with Crippen molar-refractivity contribution < 1.29 is 9.50 Å². The van der Waals surface area contributed by atoms with Crippen LogP contribution in [0.25, 0.3) is 5.65 Å². The van der Waals surface area contributed by atoms with Gasteiger partial charge in [-0.05, 0) is 18.2 Å². The molecule has 96 valence electrons. The summed E-state index contributed by atoms with van der Waals surface area (Å²) in [6.45, 7) is 0.395. The smallest absolute Gasteiger partial charge is 0.243 e. The van der Waals surface area contributed by atoms with Gasteiger partial charge in [0.1, 0.15) is 11.6 Å². The van der Waals surface area contributed by atoms with E-state index in [1.807, 2.05) is 6.07 Å². The van der Waals surface area contributed by atoms with Gasteiger partial charge < -0.3 is 10.4 Å². The maximum atomic E-state index is 13.0. The number of phenolic OH excluding ortho intramolecular Hbond substituents is 1. The fourth-order valence-corrected chi connectivity index (χ4v) is 1.77. The lowest BCUT2D eigenvalue weighted by molar-refractivity contribution is 0.469. The summed E-state index contributed by atoms with van der Waals surface area (Å²) < 4.78 is 14.4. The van der Waals surface area contributed by atoms with Gasteiger partial charge in [-0.3, -0.25) is 0 Å². The fraction of sp³-hybridized carbons (Fsp3) is 0.0769. The highest BCUT2D eigenvalue weighted by atomic mass is 19.1. The third kappa shape index (κ3) is 2.33. The molecule has 1 aromatic carbocycles. The molecule has 0 amide bonds. The molecule has 0 unspecified atom stereocenters. The van der Waals surface area contributed by atoms with Crippen molar-refractivity contribution in [3.8, 4) is 5.75 Å². The van der Waals surface area contributed by atoms with E-state index in [0.29, 0.717) is 18.1 Å². The molecular formula is C13H11FN4O. The number of anilines is 1. The van der Waals surface area contributed by atoms with Crippen molar-refractivity contribution in [3.05, 3.63) is 54.0 Å². The van der Waals surface area contributed by atoms with Gasteiger partial charge in [0, 0.05) is 12.1 Å². The molecule has 0 aliphatic carbocycles. The van der Waals surface area contributed by atoms with Gasteiger partial charge in [-0.1, -0.05) is 18.2 Å². The summed E-state index contributed by atoms with van der Waals surface area (Å²) in [5, 5.41) is 16.7. The average molecular weight is 258 g/mol. The Morgan fingerprint density at radius 3 is 2.89 bits per heavy atom. The Hall–Kier alpha value is -2.63. The minimum Gasteiger partial charge on any atom is -0.508 e. The first-order valence-electron chi connectivity index (χ1n) is 5.75. The molecule has 19 heavy (non-hydrogen) atoms. The van der Waals surface area contributed by atoms with Crippen molar-refractivity contribution in [2.75, 3.05) is 5.32 Å². The summed E-state index contributed by atoms with van der Waals surface area (Å²) >= 11 is 0. The first-order chi connectivity index (χ1) is 9.22. The third-order valence-corrected chi connectivity index (χ3v) is 2.72. The van der Waals surface area contributed by atoms with Crippen LogP contribution >= 0.6 is 0 Å². The summed E-state index contributed by atoms with van der Waals surface area (Å²) in [6, 6.07) is 9.89. The molecule has 3 aromatic rings. The Labute approximate surface area is 108 Å². The van der Waals surface area contributed by atoms with Crippen LogP contribution in [-0.2, 0) is 6.54 Å². The minimum absolute atomic E-state index is 0.213. The second-order valence-corrected chi connectivity index (χ2v) is 4.07. The maximum absolute atomic E-state index is 13.0. The number of fused-ring (bicyclic) bond motifs is 1. The number of rotatable bonds is 3. The van der Waals surface area contributed by atoms with E-state index in [1.165, 1.54) is 16.8 Å². The monoisotopic (exact) mass is 258 g/mol. The molecular weight excluding hydrogens is 247 g/mol. The van der Waals surface area contributed by atoms with Gasteiger partial charge in [0.05, 0.1) is 6.20 Å². The lowest BCUT2D eigenvalue weighted by atomic mass is 10.2. The molecule has 2 heterocycles. The average Bonchev–Trinajstić information content (AvgIpc) is 2.79. The Kier molecular flexibility index (Phi) is 2.75. The highest BCUT2D eigenvalue weighted by Gasteiger charge is 2.05. The molecule has 0 radical (unpaired) electrons. The van der Waals surface area contributed by atoms with E-state index in [9.17, 15) is 9.50 Å². The number of benzene rings is 1. The minimum atomic E-state index is -0.371. The predicted octanol–water partition coefficient (Wildman–Crippen LogP) is 2.19. The van der Waals surface area contributed by atoms with Gasteiger partial charge in [-0.15, -0.1) is 5.10 Å². The molecule has 0 fully saturated rings. The molecule has 2 aromatic heterocycles. The second kappa shape index (κ2) is 4.56. The molecule has 5 nitrogen and oxygen atoms in total. The molecule has 3 rings (SSSR count). The molecule has 6 heteroatoms. The van der Waals surface area contributed by atoms with Crippen LogP contribution in [0.15, 0.2) is 42.6 Å². The fourth-order valence-electron chi connectivity index (χ4n) is 1.77. The summed E-state index contributed by atoms with van der Waals surface area (Å²) in [5.74, 6) is 0.225. The molecule has 0 saturated heterocycles. The summed E-state index contributed by atoms with van der Waals surface area (Å²) in [6.07, 6.45) is 1.26. The number of nitrogens with one attached hydrogen (secondary N) is 1. The zero-order valence-corrected chi connectivity index (χ0v) is 9.92. The van der Waals surface area contributed by atoms with Gasteiger partial charge in [0.25, 0.3) is 0 Å². The van der Waals surface area contributed by atoms with E-state index in [1.54, 1.807) is 24.3 Å². The lowest BCUT2D eigenvalue weighted by Crippen LogP contribution is -2.01. The number of pyridine rings is 1. The van der Waals surface area contributed by atoms with Crippen molar-refractivity contribution >= 4 is 11.6 Å². The van der Waals surface area contributed by atoms with Crippen molar-refractivity contribution in [2.45, 2.75) is 6.54 Å². The number of phenols is 1. The largest absolute Gasteiger partial charge is 0.508 e. The first kappa shape index (κ1) is 11.5. The van der Waals surface area contributed by atoms with Crippen LogP contribution < -0.4 is 5.32 Å². The Morgan fingerprint density at radius 1 is 1.21 bits per heavy atom.